The van der Waals surface area contributed by atoms with Crippen molar-refractivity contribution >= 4 is 0 Å². The van der Waals surface area contributed by atoms with Crippen molar-refractivity contribution in [3.8, 4) is 0 Å². The van der Waals surface area contributed by atoms with Gasteiger partial charge in [-0.25, -0.2) is 0 Å². The van der Waals surface area contributed by atoms with E-state index in [4.69, 9.17) is 5.73 Å². The lowest BCUT2D eigenvalue weighted by molar-refractivity contribution is -0.0956. The number of hydrogen-bond acceptors (Lipinski definition) is 3. The lowest BCUT2D eigenvalue weighted by Gasteiger charge is -2.51. The van der Waals surface area contributed by atoms with Crippen LogP contribution in [0.2, 0.25) is 0 Å². The van der Waals surface area contributed by atoms with Crippen LogP contribution in [-0.2, 0) is 0 Å². The standard InChI is InChI=1S/C13H24N2O/c1-15-6-4-12(16,5-7-15)13(14)9-10-2-3-11(13)8-10/h10-11,16H,2-9,14H2,1H3. The Kier molecular flexibility index (Phi) is 2.36. The largest absolute Gasteiger partial charge is 0.388 e. The molecular formula is C13H24N2O. The van der Waals surface area contributed by atoms with E-state index in [0.717, 1.165) is 38.3 Å². The molecule has 3 aliphatic rings. The number of nitrogens with zero attached hydrogens (tertiary/aromatic N) is 1. The normalized spacial score (nSPS) is 47.4. The van der Waals surface area contributed by atoms with Gasteiger partial charge in [-0.15, -0.1) is 0 Å². The third-order valence-corrected chi connectivity index (χ3v) is 5.58. The van der Waals surface area contributed by atoms with Crippen LogP contribution in [0.25, 0.3) is 0 Å². The lowest BCUT2D eigenvalue weighted by atomic mass is 9.66. The van der Waals surface area contributed by atoms with Gasteiger partial charge in [-0.3, -0.25) is 0 Å². The molecule has 3 nitrogen and oxygen atoms in total. The summed E-state index contributed by atoms with van der Waals surface area (Å²) in [4.78, 5) is 2.30. The molecule has 1 saturated heterocycles. The van der Waals surface area contributed by atoms with Crippen molar-refractivity contribution in [2.24, 2.45) is 17.6 Å². The number of nitrogens with two attached hydrogens (primary N) is 1. The van der Waals surface area contributed by atoms with Crippen LogP contribution in [0.15, 0.2) is 0 Å². The SMILES string of the molecule is CN1CCC(O)(C2(N)CC3CCC2C3)CC1. The molecule has 2 aliphatic carbocycles. The van der Waals surface area contributed by atoms with Gasteiger partial charge in [0.05, 0.1) is 5.60 Å². The van der Waals surface area contributed by atoms with Crippen LogP contribution < -0.4 is 5.73 Å². The second-order valence-corrected chi connectivity index (χ2v) is 6.46. The molecular weight excluding hydrogens is 200 g/mol. The van der Waals surface area contributed by atoms with Gasteiger partial charge in [0.1, 0.15) is 0 Å². The van der Waals surface area contributed by atoms with Crippen LogP contribution in [0.4, 0.5) is 0 Å². The summed E-state index contributed by atoms with van der Waals surface area (Å²) in [7, 11) is 2.13. The van der Waals surface area contributed by atoms with Gasteiger partial charge >= 0.3 is 0 Å². The number of likely N-dealkylation sites (tertiary alicyclic amines) is 1. The van der Waals surface area contributed by atoms with E-state index in [1.807, 2.05) is 0 Å². The first-order chi connectivity index (χ1) is 7.53. The Labute approximate surface area is 98.0 Å². The molecule has 3 atom stereocenters. The topological polar surface area (TPSA) is 49.5 Å². The van der Waals surface area contributed by atoms with Gasteiger partial charge < -0.3 is 15.7 Å². The fraction of sp³-hybridized carbons (Fsp3) is 1.00. The second kappa shape index (κ2) is 3.44. The highest BCUT2D eigenvalue weighted by atomic mass is 16.3. The highest BCUT2D eigenvalue weighted by molar-refractivity contribution is 5.15. The fourth-order valence-electron chi connectivity index (χ4n) is 4.40. The summed E-state index contributed by atoms with van der Waals surface area (Å²) in [6.45, 7) is 1.99. The predicted octanol–water partition coefficient (Wildman–Crippen LogP) is 0.961. The van der Waals surface area contributed by atoms with Crippen molar-refractivity contribution in [3.63, 3.8) is 0 Å². The summed E-state index contributed by atoms with van der Waals surface area (Å²) in [5.41, 5.74) is 5.78. The summed E-state index contributed by atoms with van der Waals surface area (Å²) < 4.78 is 0. The molecule has 3 unspecified atom stereocenters. The average Bonchev–Trinajstić information content (AvgIpc) is 2.83. The fourth-order valence-corrected chi connectivity index (χ4v) is 4.40. The first-order valence-electron chi connectivity index (χ1n) is 6.73. The van der Waals surface area contributed by atoms with Crippen molar-refractivity contribution < 1.29 is 5.11 Å². The Bertz CT molecular complexity index is 286. The van der Waals surface area contributed by atoms with E-state index in [2.05, 4.69) is 11.9 Å². The summed E-state index contributed by atoms with van der Waals surface area (Å²) in [6.07, 6.45) is 6.66. The number of hydrogen-bond donors (Lipinski definition) is 2. The molecule has 16 heavy (non-hydrogen) atoms. The Morgan fingerprint density at radius 1 is 1.25 bits per heavy atom. The molecule has 0 radical (unpaired) electrons. The summed E-state index contributed by atoms with van der Waals surface area (Å²) >= 11 is 0. The van der Waals surface area contributed by atoms with Crippen molar-refractivity contribution in [2.45, 2.75) is 49.7 Å². The minimum Gasteiger partial charge on any atom is -0.388 e. The molecule has 3 heteroatoms. The van der Waals surface area contributed by atoms with Crippen molar-refractivity contribution in [2.75, 3.05) is 20.1 Å². The van der Waals surface area contributed by atoms with E-state index >= 15 is 0 Å². The van der Waals surface area contributed by atoms with Gasteiger partial charge in [0, 0.05) is 18.6 Å². The first-order valence-corrected chi connectivity index (χ1v) is 6.73. The Morgan fingerprint density at radius 2 is 1.94 bits per heavy atom. The van der Waals surface area contributed by atoms with Crippen LogP contribution in [0.5, 0.6) is 0 Å². The number of rotatable bonds is 1. The van der Waals surface area contributed by atoms with Crippen molar-refractivity contribution in [1.82, 2.24) is 4.90 Å². The van der Waals surface area contributed by atoms with Crippen LogP contribution >= 0.6 is 0 Å². The number of aliphatic hydroxyl groups is 1. The zero-order valence-corrected chi connectivity index (χ0v) is 10.3. The Morgan fingerprint density at radius 3 is 2.44 bits per heavy atom. The number of piperidine rings is 1. The first kappa shape index (κ1) is 11.0. The number of fused-ring (bicyclic) bond motifs is 2. The molecule has 0 aromatic carbocycles. The van der Waals surface area contributed by atoms with Crippen molar-refractivity contribution in [3.05, 3.63) is 0 Å². The summed E-state index contributed by atoms with van der Waals surface area (Å²) in [5, 5.41) is 10.9. The van der Waals surface area contributed by atoms with E-state index < -0.39 is 5.60 Å². The minimum atomic E-state index is -0.584. The third kappa shape index (κ3) is 1.38. The van der Waals surface area contributed by atoms with E-state index in [1.54, 1.807) is 0 Å². The molecule has 2 bridgehead atoms. The van der Waals surface area contributed by atoms with Crippen LogP contribution in [0.1, 0.15) is 38.5 Å². The minimum absolute atomic E-state index is 0.267. The maximum Gasteiger partial charge on any atom is 0.0853 e. The van der Waals surface area contributed by atoms with E-state index in [1.165, 1.54) is 19.3 Å². The monoisotopic (exact) mass is 224 g/mol. The Balaban J connectivity index is 1.81. The lowest BCUT2D eigenvalue weighted by Crippen LogP contribution is -2.66. The zero-order chi connectivity index (χ0) is 11.4. The molecule has 2 saturated carbocycles. The molecule has 3 rings (SSSR count). The molecule has 1 aliphatic heterocycles. The second-order valence-electron chi connectivity index (χ2n) is 6.46. The molecule has 3 N–H and O–H groups in total. The molecule has 0 aromatic rings. The van der Waals surface area contributed by atoms with Gasteiger partial charge in [-0.1, -0.05) is 6.42 Å². The van der Waals surface area contributed by atoms with Gasteiger partial charge in [0.2, 0.25) is 0 Å². The van der Waals surface area contributed by atoms with Gasteiger partial charge in [-0.05, 0) is 51.0 Å². The van der Waals surface area contributed by atoms with Gasteiger partial charge in [0.15, 0.2) is 0 Å². The maximum atomic E-state index is 10.9. The van der Waals surface area contributed by atoms with Gasteiger partial charge in [-0.2, -0.15) is 0 Å². The average molecular weight is 224 g/mol. The third-order valence-electron chi connectivity index (χ3n) is 5.58. The highest BCUT2D eigenvalue weighted by Crippen LogP contribution is 2.55. The predicted molar refractivity (Wildman–Crippen MR) is 64.0 cm³/mol. The van der Waals surface area contributed by atoms with E-state index in [9.17, 15) is 5.11 Å². The maximum absolute atomic E-state index is 10.9. The zero-order valence-electron chi connectivity index (χ0n) is 10.3. The summed E-state index contributed by atoms with van der Waals surface area (Å²) in [5.74, 6) is 1.39. The molecule has 0 aromatic heterocycles. The molecule has 0 amide bonds. The Hall–Kier alpha value is -0.120. The van der Waals surface area contributed by atoms with Gasteiger partial charge in [0.25, 0.3) is 0 Å². The quantitative estimate of drug-likeness (QED) is 0.697. The highest BCUT2D eigenvalue weighted by Gasteiger charge is 2.59. The van der Waals surface area contributed by atoms with E-state index in [0.29, 0.717) is 5.92 Å². The molecule has 1 heterocycles. The molecule has 92 valence electrons. The van der Waals surface area contributed by atoms with Crippen LogP contribution in [0.3, 0.4) is 0 Å². The van der Waals surface area contributed by atoms with E-state index in [-0.39, 0.29) is 5.54 Å². The van der Waals surface area contributed by atoms with Crippen LogP contribution in [-0.4, -0.2) is 41.3 Å². The smallest absolute Gasteiger partial charge is 0.0853 e. The van der Waals surface area contributed by atoms with Crippen LogP contribution in [0, 0.1) is 11.8 Å². The summed E-state index contributed by atoms with van der Waals surface area (Å²) in [6, 6.07) is 0. The van der Waals surface area contributed by atoms with Crippen molar-refractivity contribution in [1.29, 1.82) is 0 Å². The molecule has 0 spiro atoms. The molecule has 3 fully saturated rings.